The second kappa shape index (κ2) is 7.44. The second-order valence-electron chi connectivity index (χ2n) is 4.07. The van der Waals surface area contributed by atoms with E-state index < -0.39 is 11.6 Å². The first-order valence-corrected chi connectivity index (χ1v) is 5.86. The predicted octanol–water partition coefficient (Wildman–Crippen LogP) is 2.39. The van der Waals surface area contributed by atoms with Crippen LogP contribution >= 0.6 is 0 Å². The van der Waals surface area contributed by atoms with E-state index in [0.717, 1.165) is 18.9 Å². The number of Topliss-reactive ketones (excluding diaryl/α,β-unsaturated/α-hetero) is 1. The molecule has 0 saturated heterocycles. The van der Waals surface area contributed by atoms with Crippen LogP contribution in [0.15, 0.2) is 18.2 Å². The summed E-state index contributed by atoms with van der Waals surface area (Å²) in [5.41, 5.74) is 5.27. The van der Waals surface area contributed by atoms with Crippen LogP contribution in [-0.2, 0) is 4.79 Å². The van der Waals surface area contributed by atoms with Gasteiger partial charge in [-0.25, -0.2) is 14.2 Å². The molecule has 4 nitrogen and oxygen atoms in total. The summed E-state index contributed by atoms with van der Waals surface area (Å²) >= 11 is 0. The molecule has 0 amide bonds. The Hall–Kier alpha value is -2.00. The highest BCUT2D eigenvalue weighted by Crippen LogP contribution is 2.30. The highest BCUT2D eigenvalue weighted by molar-refractivity contribution is 5.84. The van der Waals surface area contributed by atoms with Crippen molar-refractivity contribution >= 4 is 11.5 Å². The van der Waals surface area contributed by atoms with Crippen molar-refractivity contribution in [3.63, 3.8) is 0 Å². The van der Waals surface area contributed by atoms with E-state index in [-0.39, 0.29) is 23.8 Å². The van der Waals surface area contributed by atoms with Gasteiger partial charge in [-0.3, -0.25) is 4.79 Å². The molecule has 0 aliphatic heterocycles. The number of ketones is 1. The van der Waals surface area contributed by atoms with E-state index in [9.17, 15) is 13.6 Å². The lowest BCUT2D eigenvalue weighted by Gasteiger charge is -2.03. The zero-order valence-electron chi connectivity index (χ0n) is 10.5. The molecular formula is C13H15F2N3O. The molecule has 2 rings (SSSR count). The average Bonchev–Trinajstić information content (AvgIpc) is 3.18. The van der Waals surface area contributed by atoms with Gasteiger partial charge < -0.3 is 5.43 Å². The molecule has 0 unspecified atom stereocenters. The van der Waals surface area contributed by atoms with Gasteiger partial charge in [0.05, 0.1) is 18.2 Å². The highest BCUT2D eigenvalue weighted by Gasteiger charge is 2.28. The summed E-state index contributed by atoms with van der Waals surface area (Å²) in [5.74, 6) is -0.800. The van der Waals surface area contributed by atoms with Crippen LogP contribution in [0.2, 0.25) is 0 Å². The molecule has 19 heavy (non-hydrogen) atoms. The Morgan fingerprint density at radius 3 is 2.63 bits per heavy atom. The van der Waals surface area contributed by atoms with Gasteiger partial charge in [0.15, 0.2) is 5.82 Å². The van der Waals surface area contributed by atoms with Crippen molar-refractivity contribution < 1.29 is 13.6 Å². The third-order valence-electron chi connectivity index (χ3n) is 2.48. The first-order chi connectivity index (χ1) is 9.08. The molecule has 1 aromatic carbocycles. The summed E-state index contributed by atoms with van der Waals surface area (Å²) < 4.78 is 25.0. The van der Waals surface area contributed by atoms with Crippen molar-refractivity contribution in [3.05, 3.63) is 29.8 Å². The Morgan fingerprint density at radius 1 is 1.47 bits per heavy atom. The monoisotopic (exact) mass is 267 g/mol. The van der Waals surface area contributed by atoms with Gasteiger partial charge in [-0.2, -0.15) is 5.26 Å². The average molecular weight is 267 g/mol. The first kappa shape index (κ1) is 15.1. The normalized spacial score (nSPS) is 12.9. The molecule has 0 aromatic heterocycles. The topological polar surface area (TPSA) is 64.9 Å². The van der Waals surface area contributed by atoms with Gasteiger partial charge in [-0.1, -0.05) is 0 Å². The lowest BCUT2D eigenvalue weighted by Crippen LogP contribution is -2.15. The fraction of sp³-hybridized carbons (Fsp3) is 0.385. The van der Waals surface area contributed by atoms with Crippen molar-refractivity contribution in [2.45, 2.75) is 19.3 Å². The van der Waals surface area contributed by atoms with Crippen LogP contribution in [0.3, 0.4) is 0 Å². The van der Waals surface area contributed by atoms with Crippen LogP contribution in [0.25, 0.3) is 0 Å². The molecule has 1 saturated carbocycles. The molecule has 0 radical (unpaired) electrons. The molecule has 1 aliphatic rings. The quantitative estimate of drug-likeness (QED) is 0.822. The van der Waals surface area contributed by atoms with Crippen LogP contribution in [-0.4, -0.2) is 12.8 Å². The lowest BCUT2D eigenvalue weighted by molar-refractivity contribution is -0.119. The summed E-state index contributed by atoms with van der Waals surface area (Å²) in [6.07, 6.45) is 2.14. The number of nitriles is 1. The minimum atomic E-state index is -0.612. The Kier molecular flexibility index (Phi) is 5.90. The van der Waals surface area contributed by atoms with Gasteiger partial charge >= 0.3 is 0 Å². The van der Waals surface area contributed by atoms with E-state index in [2.05, 4.69) is 10.9 Å². The standard InChI is InChI=1S/C7H8F2N2.C6H7NO/c1-10-11-7-3-2-5(8)4-6(7)9;7-4-3-6(8)5-1-2-5/h2-4,10-11H,1H3;5H,1-3H2. The summed E-state index contributed by atoms with van der Waals surface area (Å²) in [6.45, 7) is 0. The molecule has 102 valence electrons. The maximum atomic E-state index is 12.7. The third-order valence-corrected chi connectivity index (χ3v) is 2.48. The number of halogens is 2. The van der Waals surface area contributed by atoms with E-state index in [1.807, 2.05) is 6.07 Å². The van der Waals surface area contributed by atoms with E-state index in [1.165, 1.54) is 12.1 Å². The number of nitrogens with one attached hydrogen (secondary N) is 2. The SMILES string of the molecule is CNNc1ccc(F)cc1F.N#CCC(=O)C1CC1. The molecule has 0 spiro atoms. The number of carbonyl (C=O) groups excluding carboxylic acids is 1. The minimum absolute atomic E-state index is 0.116. The molecule has 1 aromatic rings. The molecule has 0 heterocycles. The third kappa shape index (κ3) is 5.44. The zero-order valence-corrected chi connectivity index (χ0v) is 10.5. The number of benzene rings is 1. The Morgan fingerprint density at radius 2 is 2.16 bits per heavy atom. The summed E-state index contributed by atoms with van der Waals surface area (Å²) in [4.78, 5) is 10.6. The van der Waals surface area contributed by atoms with Gasteiger partial charge in [0.2, 0.25) is 0 Å². The van der Waals surface area contributed by atoms with Crippen LogP contribution in [0.1, 0.15) is 19.3 Å². The van der Waals surface area contributed by atoms with E-state index in [4.69, 9.17) is 5.26 Å². The number of hydrazine groups is 1. The second-order valence-corrected chi connectivity index (χ2v) is 4.07. The van der Waals surface area contributed by atoms with Gasteiger partial charge in [0.25, 0.3) is 0 Å². The smallest absolute Gasteiger partial charge is 0.150 e. The molecule has 1 aliphatic carbocycles. The number of rotatable bonds is 4. The predicted molar refractivity (Wildman–Crippen MR) is 67.0 cm³/mol. The number of nitrogens with zero attached hydrogens (tertiary/aromatic N) is 1. The molecule has 2 N–H and O–H groups in total. The van der Waals surface area contributed by atoms with Crippen LogP contribution in [0.5, 0.6) is 0 Å². The molecule has 0 bridgehead atoms. The summed E-state index contributed by atoms with van der Waals surface area (Å²) in [5, 5.41) is 8.04. The van der Waals surface area contributed by atoms with E-state index >= 15 is 0 Å². The van der Waals surface area contributed by atoms with Crippen molar-refractivity contribution in [1.82, 2.24) is 5.43 Å². The summed E-state index contributed by atoms with van der Waals surface area (Å²) in [6, 6.07) is 5.16. The van der Waals surface area contributed by atoms with Gasteiger partial charge in [0.1, 0.15) is 11.6 Å². The summed E-state index contributed by atoms with van der Waals surface area (Å²) in [7, 11) is 1.60. The zero-order chi connectivity index (χ0) is 14.3. The van der Waals surface area contributed by atoms with Gasteiger partial charge in [-0.15, -0.1) is 0 Å². The Balaban J connectivity index is 0.000000200. The first-order valence-electron chi connectivity index (χ1n) is 5.86. The lowest BCUT2D eigenvalue weighted by atomic mass is 10.2. The van der Waals surface area contributed by atoms with Gasteiger partial charge in [-0.05, 0) is 25.0 Å². The molecule has 0 atom stereocenters. The van der Waals surface area contributed by atoms with Crippen molar-refractivity contribution in [3.8, 4) is 6.07 Å². The van der Waals surface area contributed by atoms with E-state index in [0.29, 0.717) is 0 Å². The van der Waals surface area contributed by atoms with Crippen molar-refractivity contribution in [2.24, 2.45) is 5.92 Å². The van der Waals surface area contributed by atoms with Gasteiger partial charge in [0, 0.05) is 19.0 Å². The maximum absolute atomic E-state index is 12.7. The number of hydrogen-bond acceptors (Lipinski definition) is 4. The van der Waals surface area contributed by atoms with Crippen LogP contribution in [0, 0.1) is 28.9 Å². The Bertz CT molecular complexity index is 481. The van der Waals surface area contributed by atoms with Crippen LogP contribution < -0.4 is 10.9 Å². The number of anilines is 1. The number of carbonyl (C=O) groups is 1. The maximum Gasteiger partial charge on any atom is 0.150 e. The molecular weight excluding hydrogens is 252 g/mol. The number of hydrogen-bond donors (Lipinski definition) is 2. The minimum Gasteiger partial charge on any atom is -0.319 e. The fourth-order valence-corrected chi connectivity index (χ4v) is 1.35. The van der Waals surface area contributed by atoms with Crippen molar-refractivity contribution in [1.29, 1.82) is 5.26 Å². The fourth-order valence-electron chi connectivity index (χ4n) is 1.35. The Labute approximate surface area is 110 Å². The van der Waals surface area contributed by atoms with Crippen molar-refractivity contribution in [2.75, 3.05) is 12.5 Å². The molecule has 6 heteroatoms. The highest BCUT2D eigenvalue weighted by atomic mass is 19.1. The van der Waals surface area contributed by atoms with Crippen LogP contribution in [0.4, 0.5) is 14.5 Å². The molecule has 1 fully saturated rings. The largest absolute Gasteiger partial charge is 0.319 e. The van der Waals surface area contributed by atoms with E-state index in [1.54, 1.807) is 7.05 Å².